The van der Waals surface area contributed by atoms with Gasteiger partial charge in [0.1, 0.15) is 0 Å². The number of ketones is 2. The van der Waals surface area contributed by atoms with E-state index in [0.717, 1.165) is 12.8 Å². The van der Waals surface area contributed by atoms with E-state index in [-0.39, 0.29) is 34.6 Å². The molecule has 0 fully saturated rings. The molecule has 0 amide bonds. The molecule has 14 heavy (non-hydrogen) atoms. The van der Waals surface area contributed by atoms with Crippen LogP contribution in [0, 0.1) is 11.3 Å². The predicted molar refractivity (Wildman–Crippen MR) is 53.5 cm³/mol. The molecule has 0 spiro atoms. The smallest absolute Gasteiger partial charge is 0.203 e. The predicted octanol–water partition coefficient (Wildman–Crippen LogP) is 2.60. The van der Waals surface area contributed by atoms with Gasteiger partial charge >= 0.3 is 0 Å². The van der Waals surface area contributed by atoms with Crippen molar-refractivity contribution in [1.29, 1.82) is 0 Å². The summed E-state index contributed by atoms with van der Waals surface area (Å²) in [5.74, 6) is -0.570. The minimum Gasteiger partial charge on any atom is -0.291 e. The van der Waals surface area contributed by atoms with Gasteiger partial charge in [0, 0.05) is 28.4 Å². The van der Waals surface area contributed by atoms with Gasteiger partial charge in [-0.05, 0) is 6.42 Å². The van der Waals surface area contributed by atoms with Crippen molar-refractivity contribution < 1.29 is 26.7 Å². The van der Waals surface area contributed by atoms with Crippen LogP contribution in [0.4, 0.5) is 0 Å². The fourth-order valence-electron chi connectivity index (χ4n) is 1.16. The molecule has 0 heterocycles. The third kappa shape index (κ3) is 4.92. The van der Waals surface area contributed by atoms with E-state index in [4.69, 9.17) is 0 Å². The number of hydrogen-bond donors (Lipinski definition) is 0. The summed E-state index contributed by atoms with van der Waals surface area (Å²) in [6.45, 7) is 9.20. The van der Waals surface area contributed by atoms with Gasteiger partial charge < -0.3 is 0 Å². The van der Waals surface area contributed by atoms with E-state index >= 15 is 0 Å². The summed E-state index contributed by atoms with van der Waals surface area (Å²) < 4.78 is 0. The molecule has 0 saturated heterocycles. The first-order valence-corrected chi connectivity index (χ1v) is 4.89. The zero-order chi connectivity index (χ0) is 10.6. The molecule has 0 aliphatic carbocycles. The molecule has 1 atom stereocenters. The van der Waals surface area contributed by atoms with Crippen LogP contribution in [-0.4, -0.2) is 11.6 Å². The molecule has 1 radical (unpaired) electrons. The van der Waals surface area contributed by atoms with Gasteiger partial charge in [-0.25, -0.2) is 0 Å². The largest absolute Gasteiger partial charge is 0.291 e. The number of Topliss-reactive ketones (excluding diaryl/α,β-unsaturated/α-hetero) is 2. The van der Waals surface area contributed by atoms with Gasteiger partial charge in [-0.1, -0.05) is 41.0 Å². The van der Waals surface area contributed by atoms with Gasteiger partial charge in [-0.3, -0.25) is 9.59 Å². The monoisotopic (exact) mass is 247 g/mol. The average Bonchev–Trinajstić information content (AvgIpc) is 2.00. The topological polar surface area (TPSA) is 34.1 Å². The maximum absolute atomic E-state index is 11.5. The molecule has 0 bridgehead atoms. The van der Waals surface area contributed by atoms with E-state index in [2.05, 4.69) is 0 Å². The van der Waals surface area contributed by atoms with Crippen molar-refractivity contribution in [3.63, 3.8) is 0 Å². The summed E-state index contributed by atoms with van der Waals surface area (Å²) in [4.78, 5) is 23.1. The Labute approximate surface area is 97.3 Å². The SMILES string of the molecule is CCCC(C)C(=O)C(=O)C(C)(C)C.[Cu]. The normalized spacial score (nSPS) is 12.9. The Morgan fingerprint density at radius 1 is 1.21 bits per heavy atom. The van der Waals surface area contributed by atoms with E-state index in [9.17, 15) is 9.59 Å². The maximum Gasteiger partial charge on any atom is 0.203 e. The van der Waals surface area contributed by atoms with E-state index in [0.29, 0.717) is 0 Å². The number of rotatable bonds is 4. The fourth-order valence-corrected chi connectivity index (χ4v) is 1.16. The third-order valence-corrected chi connectivity index (χ3v) is 2.07. The van der Waals surface area contributed by atoms with E-state index in [1.807, 2.05) is 13.8 Å². The molecule has 0 N–H and O–H groups in total. The zero-order valence-corrected chi connectivity index (χ0v) is 10.6. The molecule has 0 rings (SSSR count). The number of carbonyl (C=O) groups is 2. The van der Waals surface area contributed by atoms with Crippen molar-refractivity contribution in [1.82, 2.24) is 0 Å². The molecular formula is C11H20CuO2. The molecule has 0 saturated carbocycles. The van der Waals surface area contributed by atoms with Crippen molar-refractivity contribution >= 4 is 11.6 Å². The first-order chi connectivity index (χ1) is 5.80. The fraction of sp³-hybridized carbons (Fsp3) is 0.818. The van der Waals surface area contributed by atoms with E-state index < -0.39 is 5.41 Å². The summed E-state index contributed by atoms with van der Waals surface area (Å²) in [5.41, 5.74) is -0.529. The van der Waals surface area contributed by atoms with Gasteiger partial charge in [-0.15, -0.1) is 0 Å². The molecule has 3 heteroatoms. The van der Waals surface area contributed by atoms with Crippen molar-refractivity contribution in [2.75, 3.05) is 0 Å². The van der Waals surface area contributed by atoms with Gasteiger partial charge in [-0.2, -0.15) is 0 Å². The van der Waals surface area contributed by atoms with Crippen molar-refractivity contribution in [2.45, 2.75) is 47.5 Å². The molecule has 0 aromatic heterocycles. The quantitative estimate of drug-likeness (QED) is 0.565. The van der Waals surface area contributed by atoms with Crippen LogP contribution >= 0.6 is 0 Å². The summed E-state index contributed by atoms with van der Waals surface area (Å²) >= 11 is 0. The van der Waals surface area contributed by atoms with Crippen molar-refractivity contribution in [3.05, 3.63) is 0 Å². The minimum atomic E-state index is -0.529. The Morgan fingerprint density at radius 2 is 1.64 bits per heavy atom. The minimum absolute atomic E-state index is 0. The van der Waals surface area contributed by atoms with Crippen LogP contribution in [0.3, 0.4) is 0 Å². The van der Waals surface area contributed by atoms with Crippen LogP contribution in [0.5, 0.6) is 0 Å². The second kappa shape index (κ2) is 6.36. The van der Waals surface area contributed by atoms with Crippen molar-refractivity contribution in [3.8, 4) is 0 Å². The van der Waals surface area contributed by atoms with Crippen LogP contribution in [0.1, 0.15) is 47.5 Å². The number of carbonyl (C=O) groups excluding carboxylic acids is 2. The summed E-state index contributed by atoms with van der Waals surface area (Å²) in [5, 5.41) is 0. The van der Waals surface area contributed by atoms with Crippen LogP contribution in [-0.2, 0) is 26.7 Å². The molecule has 1 unspecified atom stereocenters. The second-order valence-corrected chi connectivity index (χ2v) is 4.63. The third-order valence-electron chi connectivity index (χ3n) is 2.07. The van der Waals surface area contributed by atoms with Crippen molar-refractivity contribution in [2.24, 2.45) is 11.3 Å². The molecule has 87 valence electrons. The molecule has 0 aliphatic rings. The van der Waals surface area contributed by atoms with Crippen LogP contribution < -0.4 is 0 Å². The average molecular weight is 248 g/mol. The summed E-state index contributed by atoms with van der Waals surface area (Å²) in [6, 6.07) is 0. The van der Waals surface area contributed by atoms with Crippen LogP contribution in [0.25, 0.3) is 0 Å². The summed E-state index contributed by atoms with van der Waals surface area (Å²) in [6.07, 6.45) is 1.75. The first kappa shape index (κ1) is 16.3. The Balaban J connectivity index is 0. The molecule has 0 aromatic rings. The molecular weight excluding hydrogens is 228 g/mol. The van der Waals surface area contributed by atoms with Crippen LogP contribution in [0.2, 0.25) is 0 Å². The Kier molecular flexibility index (Phi) is 7.41. The Bertz CT molecular complexity index is 204. The van der Waals surface area contributed by atoms with Gasteiger partial charge in [0.2, 0.25) is 11.6 Å². The zero-order valence-electron chi connectivity index (χ0n) is 9.61. The first-order valence-electron chi connectivity index (χ1n) is 4.89. The van der Waals surface area contributed by atoms with Gasteiger partial charge in [0.25, 0.3) is 0 Å². The van der Waals surface area contributed by atoms with Crippen LogP contribution in [0.15, 0.2) is 0 Å². The Hall–Kier alpha value is -0.141. The summed E-state index contributed by atoms with van der Waals surface area (Å²) in [7, 11) is 0. The molecule has 0 aromatic carbocycles. The van der Waals surface area contributed by atoms with Gasteiger partial charge in [0.15, 0.2) is 0 Å². The molecule has 0 aliphatic heterocycles. The van der Waals surface area contributed by atoms with E-state index in [1.165, 1.54) is 0 Å². The number of hydrogen-bond acceptors (Lipinski definition) is 2. The molecule has 2 nitrogen and oxygen atoms in total. The second-order valence-electron chi connectivity index (χ2n) is 4.63. The van der Waals surface area contributed by atoms with E-state index in [1.54, 1.807) is 20.8 Å². The standard InChI is InChI=1S/C11H20O2.Cu/c1-6-7-8(2)9(12)10(13)11(3,4)5;/h8H,6-7H2,1-5H3;. The van der Waals surface area contributed by atoms with Gasteiger partial charge in [0.05, 0.1) is 0 Å². The maximum atomic E-state index is 11.5. The Morgan fingerprint density at radius 3 is 1.93 bits per heavy atom.